The van der Waals surface area contributed by atoms with Crippen molar-refractivity contribution in [1.82, 2.24) is 15.2 Å². The number of anilines is 1. The summed E-state index contributed by atoms with van der Waals surface area (Å²) in [6.45, 7) is 0. The topological polar surface area (TPSA) is 70.5 Å². The second-order valence-electron chi connectivity index (χ2n) is 3.57. The molecular formula is C11H9ClN4. The number of nitrogen functional groups attached to an aromatic ring is 1. The molecule has 0 radical (unpaired) electrons. The molecule has 2 heterocycles. The van der Waals surface area contributed by atoms with Crippen LogP contribution < -0.4 is 5.73 Å². The summed E-state index contributed by atoms with van der Waals surface area (Å²) in [6.07, 6.45) is 1.86. The van der Waals surface area contributed by atoms with Gasteiger partial charge in [-0.25, -0.2) is 0 Å². The highest BCUT2D eigenvalue weighted by Crippen LogP contribution is 2.33. The third kappa shape index (κ3) is 1.27. The van der Waals surface area contributed by atoms with Crippen LogP contribution in [0, 0.1) is 0 Å². The summed E-state index contributed by atoms with van der Waals surface area (Å²) < 4.78 is 0. The Hall–Kier alpha value is -1.94. The number of benzene rings is 1. The summed E-state index contributed by atoms with van der Waals surface area (Å²) in [5, 5.41) is 8.43. The molecule has 0 spiro atoms. The predicted molar refractivity (Wildman–Crippen MR) is 65.3 cm³/mol. The van der Waals surface area contributed by atoms with Crippen LogP contribution in [0.5, 0.6) is 0 Å². The standard InChI is InChI=1S/C11H9ClN4/c12-11-6(9-5-10(13)16-15-9)1-2-8-7(11)3-4-14-8/h1-5,14H,(H3,13,15,16). The zero-order valence-corrected chi connectivity index (χ0v) is 9.05. The number of fused-ring (bicyclic) bond motifs is 1. The average molecular weight is 233 g/mol. The molecule has 80 valence electrons. The molecule has 0 amide bonds. The van der Waals surface area contributed by atoms with Gasteiger partial charge in [0, 0.05) is 28.7 Å². The smallest absolute Gasteiger partial charge is 0.145 e. The van der Waals surface area contributed by atoms with Gasteiger partial charge in [-0.15, -0.1) is 0 Å². The van der Waals surface area contributed by atoms with Gasteiger partial charge in [0.1, 0.15) is 5.82 Å². The van der Waals surface area contributed by atoms with Gasteiger partial charge < -0.3 is 10.7 Å². The van der Waals surface area contributed by atoms with Crippen LogP contribution in [-0.2, 0) is 0 Å². The van der Waals surface area contributed by atoms with E-state index >= 15 is 0 Å². The van der Waals surface area contributed by atoms with E-state index in [1.165, 1.54) is 0 Å². The van der Waals surface area contributed by atoms with Crippen molar-refractivity contribution in [2.24, 2.45) is 0 Å². The number of aromatic amines is 2. The monoisotopic (exact) mass is 232 g/mol. The summed E-state index contributed by atoms with van der Waals surface area (Å²) in [5.74, 6) is 0.459. The number of nitrogens with two attached hydrogens (primary N) is 1. The van der Waals surface area contributed by atoms with Crippen molar-refractivity contribution in [2.45, 2.75) is 0 Å². The van der Waals surface area contributed by atoms with Crippen molar-refractivity contribution in [3.63, 3.8) is 0 Å². The van der Waals surface area contributed by atoms with Gasteiger partial charge in [-0.05, 0) is 18.2 Å². The summed E-state index contributed by atoms with van der Waals surface area (Å²) in [5.41, 5.74) is 8.31. The lowest BCUT2D eigenvalue weighted by atomic mass is 10.1. The number of hydrogen-bond acceptors (Lipinski definition) is 2. The Balaban J connectivity index is 2.27. The van der Waals surface area contributed by atoms with Crippen LogP contribution in [0.15, 0.2) is 30.5 Å². The Morgan fingerprint density at radius 2 is 2.12 bits per heavy atom. The van der Waals surface area contributed by atoms with Crippen molar-refractivity contribution >= 4 is 28.3 Å². The van der Waals surface area contributed by atoms with Gasteiger partial charge in [0.05, 0.1) is 10.7 Å². The number of nitrogens with one attached hydrogen (secondary N) is 2. The number of rotatable bonds is 1. The lowest BCUT2D eigenvalue weighted by Crippen LogP contribution is -1.81. The molecule has 4 nitrogen and oxygen atoms in total. The van der Waals surface area contributed by atoms with E-state index in [9.17, 15) is 0 Å². The van der Waals surface area contributed by atoms with Crippen molar-refractivity contribution < 1.29 is 0 Å². The van der Waals surface area contributed by atoms with Crippen LogP contribution in [-0.4, -0.2) is 15.2 Å². The number of H-pyrrole nitrogens is 2. The van der Waals surface area contributed by atoms with Crippen LogP contribution in [0.2, 0.25) is 5.02 Å². The number of halogens is 1. The molecule has 0 aliphatic carbocycles. The minimum Gasteiger partial charge on any atom is -0.382 e. The number of aromatic nitrogens is 3. The van der Waals surface area contributed by atoms with E-state index < -0.39 is 0 Å². The van der Waals surface area contributed by atoms with Gasteiger partial charge in [-0.2, -0.15) is 5.10 Å². The fraction of sp³-hybridized carbons (Fsp3) is 0. The Morgan fingerprint density at radius 1 is 1.25 bits per heavy atom. The van der Waals surface area contributed by atoms with Crippen LogP contribution >= 0.6 is 11.6 Å². The van der Waals surface area contributed by atoms with Gasteiger partial charge in [-0.3, -0.25) is 5.10 Å². The summed E-state index contributed by atoms with van der Waals surface area (Å²) in [7, 11) is 0. The third-order valence-corrected chi connectivity index (χ3v) is 2.96. The zero-order chi connectivity index (χ0) is 11.1. The van der Waals surface area contributed by atoms with Gasteiger partial charge in [-0.1, -0.05) is 11.6 Å². The Bertz CT molecular complexity index is 653. The molecule has 0 saturated heterocycles. The first kappa shape index (κ1) is 9.30. The molecule has 1 aromatic carbocycles. The molecule has 0 atom stereocenters. The first-order valence-corrected chi connectivity index (χ1v) is 5.20. The predicted octanol–water partition coefficient (Wildman–Crippen LogP) is 2.79. The van der Waals surface area contributed by atoms with Gasteiger partial charge in [0.25, 0.3) is 0 Å². The highest BCUT2D eigenvalue weighted by atomic mass is 35.5. The van der Waals surface area contributed by atoms with E-state index in [2.05, 4.69) is 15.2 Å². The normalized spacial score (nSPS) is 11.1. The van der Waals surface area contributed by atoms with Gasteiger partial charge in [0.15, 0.2) is 0 Å². The zero-order valence-electron chi connectivity index (χ0n) is 8.29. The quantitative estimate of drug-likeness (QED) is 0.604. The van der Waals surface area contributed by atoms with E-state index in [0.29, 0.717) is 10.8 Å². The highest BCUT2D eigenvalue weighted by molar-refractivity contribution is 6.38. The van der Waals surface area contributed by atoms with Crippen LogP contribution in [0.3, 0.4) is 0 Å². The van der Waals surface area contributed by atoms with Crippen LogP contribution in [0.25, 0.3) is 22.2 Å². The SMILES string of the molecule is Nc1cc(-c2ccc3[nH]ccc3c2Cl)[nH]n1. The lowest BCUT2D eigenvalue weighted by Gasteiger charge is -2.02. The molecule has 0 saturated carbocycles. The molecule has 0 unspecified atom stereocenters. The molecule has 3 aromatic rings. The maximum atomic E-state index is 6.32. The van der Waals surface area contributed by atoms with Crippen molar-refractivity contribution in [3.8, 4) is 11.3 Å². The highest BCUT2D eigenvalue weighted by Gasteiger charge is 2.09. The molecular weight excluding hydrogens is 224 g/mol. The largest absolute Gasteiger partial charge is 0.382 e. The third-order valence-electron chi connectivity index (χ3n) is 2.56. The maximum absolute atomic E-state index is 6.32. The molecule has 2 aromatic heterocycles. The van der Waals surface area contributed by atoms with Gasteiger partial charge >= 0.3 is 0 Å². The minimum absolute atomic E-state index is 0.459. The van der Waals surface area contributed by atoms with Crippen molar-refractivity contribution in [2.75, 3.05) is 5.73 Å². The fourth-order valence-corrected chi connectivity index (χ4v) is 2.11. The van der Waals surface area contributed by atoms with Crippen molar-refractivity contribution in [1.29, 1.82) is 0 Å². The first-order valence-electron chi connectivity index (χ1n) is 4.82. The summed E-state index contributed by atoms with van der Waals surface area (Å²) in [6, 6.07) is 7.63. The van der Waals surface area contributed by atoms with E-state index in [1.54, 1.807) is 6.07 Å². The Kier molecular flexibility index (Phi) is 1.91. The average Bonchev–Trinajstić information content (AvgIpc) is 2.87. The van der Waals surface area contributed by atoms with Gasteiger partial charge in [0.2, 0.25) is 0 Å². The van der Waals surface area contributed by atoms with Crippen molar-refractivity contribution in [3.05, 3.63) is 35.5 Å². The molecule has 5 heteroatoms. The molecule has 4 N–H and O–H groups in total. The Labute approximate surface area is 96.4 Å². The lowest BCUT2D eigenvalue weighted by molar-refractivity contribution is 1.10. The molecule has 0 aliphatic heterocycles. The molecule has 0 fully saturated rings. The Morgan fingerprint density at radius 3 is 2.88 bits per heavy atom. The molecule has 0 bridgehead atoms. The number of hydrogen-bond donors (Lipinski definition) is 3. The fourth-order valence-electron chi connectivity index (χ4n) is 1.78. The van der Waals surface area contributed by atoms with E-state index in [1.807, 2.05) is 24.4 Å². The number of nitrogens with zero attached hydrogens (tertiary/aromatic N) is 1. The van der Waals surface area contributed by atoms with E-state index in [0.717, 1.165) is 22.2 Å². The molecule has 0 aliphatic rings. The maximum Gasteiger partial charge on any atom is 0.145 e. The van der Waals surface area contributed by atoms with Crippen LogP contribution in [0.4, 0.5) is 5.82 Å². The summed E-state index contributed by atoms with van der Waals surface area (Å²) in [4.78, 5) is 3.11. The van der Waals surface area contributed by atoms with E-state index in [-0.39, 0.29) is 0 Å². The van der Waals surface area contributed by atoms with Crippen LogP contribution in [0.1, 0.15) is 0 Å². The molecule has 3 rings (SSSR count). The first-order chi connectivity index (χ1) is 7.75. The second kappa shape index (κ2) is 3.28. The molecule has 16 heavy (non-hydrogen) atoms. The second-order valence-corrected chi connectivity index (χ2v) is 3.95. The van der Waals surface area contributed by atoms with E-state index in [4.69, 9.17) is 17.3 Å². The minimum atomic E-state index is 0.459. The summed E-state index contributed by atoms with van der Waals surface area (Å²) >= 11 is 6.32.